The highest BCUT2D eigenvalue weighted by Crippen LogP contribution is 2.22. The van der Waals surface area contributed by atoms with E-state index >= 15 is 0 Å². The monoisotopic (exact) mass is 293 g/mol. The van der Waals surface area contributed by atoms with Crippen LogP contribution in [0.25, 0.3) is 0 Å². The average molecular weight is 294 g/mol. The third kappa shape index (κ3) is 3.32. The van der Waals surface area contributed by atoms with Gasteiger partial charge in [-0.25, -0.2) is 13.4 Å². The van der Waals surface area contributed by atoms with Gasteiger partial charge in [-0.05, 0) is 6.07 Å². The summed E-state index contributed by atoms with van der Waals surface area (Å²) in [6, 6.07) is 1.30. The molecular weight excluding hydrogens is 278 g/mol. The molecule has 0 bridgehead atoms. The van der Waals surface area contributed by atoms with Gasteiger partial charge < -0.3 is 10.5 Å². The number of hydrogen-bond donors (Lipinski definition) is 1. The van der Waals surface area contributed by atoms with Gasteiger partial charge in [0.2, 0.25) is 10.0 Å². The molecule has 0 aliphatic heterocycles. The van der Waals surface area contributed by atoms with Gasteiger partial charge in [0.15, 0.2) is 0 Å². The van der Waals surface area contributed by atoms with E-state index in [4.69, 9.17) is 22.1 Å². The molecule has 0 spiro atoms. The normalized spacial score (nSPS) is 12.0. The number of nitrogen functional groups attached to an aromatic ring is 1. The quantitative estimate of drug-likeness (QED) is 0.845. The summed E-state index contributed by atoms with van der Waals surface area (Å²) < 4.78 is 30.7. The highest BCUT2D eigenvalue weighted by atomic mass is 35.5. The third-order valence-corrected chi connectivity index (χ3v) is 4.62. The molecule has 1 rings (SSSR count). The Hall–Kier alpha value is -0.890. The summed E-state index contributed by atoms with van der Waals surface area (Å²) in [5.41, 5.74) is 5.45. The maximum atomic E-state index is 12.3. The summed E-state index contributed by atoms with van der Waals surface area (Å²) in [4.78, 5) is 3.78. The SMILES string of the molecule is CCN(CCOC)S(=O)(=O)c1cnc(N)c(Cl)c1. The number of nitrogens with zero attached hydrogens (tertiary/aromatic N) is 2. The molecule has 0 unspecified atom stereocenters. The van der Waals surface area contributed by atoms with Crippen molar-refractivity contribution in [1.82, 2.24) is 9.29 Å². The largest absolute Gasteiger partial charge is 0.383 e. The number of halogens is 1. The first kappa shape index (κ1) is 15.2. The molecule has 8 heteroatoms. The maximum absolute atomic E-state index is 12.3. The minimum Gasteiger partial charge on any atom is -0.383 e. The minimum atomic E-state index is -3.61. The molecule has 0 aromatic carbocycles. The lowest BCUT2D eigenvalue weighted by atomic mass is 10.5. The molecule has 1 aromatic rings. The van der Waals surface area contributed by atoms with Crippen LogP contribution >= 0.6 is 11.6 Å². The number of nitrogens with two attached hydrogens (primary N) is 1. The van der Waals surface area contributed by atoms with E-state index < -0.39 is 10.0 Å². The Morgan fingerprint density at radius 1 is 1.56 bits per heavy atom. The van der Waals surface area contributed by atoms with E-state index in [1.807, 2.05) is 0 Å². The van der Waals surface area contributed by atoms with Crippen molar-refractivity contribution in [3.63, 3.8) is 0 Å². The fraction of sp³-hybridized carbons (Fsp3) is 0.500. The first-order valence-corrected chi connectivity index (χ1v) is 7.15. The van der Waals surface area contributed by atoms with Gasteiger partial charge in [0.1, 0.15) is 10.7 Å². The zero-order chi connectivity index (χ0) is 13.8. The second-order valence-corrected chi connectivity index (χ2v) is 5.87. The lowest BCUT2D eigenvalue weighted by molar-refractivity contribution is 0.180. The molecule has 0 radical (unpaired) electrons. The van der Waals surface area contributed by atoms with E-state index in [0.717, 1.165) is 0 Å². The number of rotatable bonds is 6. The highest BCUT2D eigenvalue weighted by molar-refractivity contribution is 7.89. The molecule has 0 saturated carbocycles. The molecule has 0 aliphatic carbocycles. The smallest absolute Gasteiger partial charge is 0.244 e. The predicted molar refractivity (Wildman–Crippen MR) is 70.0 cm³/mol. The summed E-state index contributed by atoms with van der Waals surface area (Å²) in [5, 5.41) is 0.124. The van der Waals surface area contributed by atoms with E-state index in [2.05, 4.69) is 4.98 Å². The second-order valence-electron chi connectivity index (χ2n) is 3.53. The van der Waals surface area contributed by atoms with E-state index in [9.17, 15) is 8.42 Å². The number of sulfonamides is 1. The number of likely N-dealkylation sites (N-methyl/N-ethyl adjacent to an activating group) is 1. The molecule has 2 N–H and O–H groups in total. The van der Waals surface area contributed by atoms with Crippen molar-refractivity contribution in [3.8, 4) is 0 Å². The Labute approximate surface area is 112 Å². The fourth-order valence-corrected chi connectivity index (χ4v) is 3.00. The Morgan fingerprint density at radius 2 is 2.22 bits per heavy atom. The van der Waals surface area contributed by atoms with Gasteiger partial charge in [-0.3, -0.25) is 0 Å². The number of pyridine rings is 1. The van der Waals surface area contributed by atoms with Crippen LogP contribution in [0.3, 0.4) is 0 Å². The molecule has 18 heavy (non-hydrogen) atoms. The van der Waals surface area contributed by atoms with Gasteiger partial charge >= 0.3 is 0 Å². The predicted octanol–water partition coefficient (Wildman–Crippen LogP) is 0.974. The van der Waals surface area contributed by atoms with Crippen molar-refractivity contribution in [2.24, 2.45) is 0 Å². The topological polar surface area (TPSA) is 85.5 Å². The number of aromatic nitrogens is 1. The number of hydrogen-bond acceptors (Lipinski definition) is 5. The number of anilines is 1. The average Bonchev–Trinajstić information content (AvgIpc) is 2.33. The van der Waals surface area contributed by atoms with Crippen LogP contribution in [0, 0.1) is 0 Å². The second kappa shape index (κ2) is 6.33. The molecule has 1 heterocycles. The number of ether oxygens (including phenoxy) is 1. The fourth-order valence-electron chi connectivity index (χ4n) is 1.36. The van der Waals surface area contributed by atoms with Crippen LogP contribution in [0.5, 0.6) is 0 Å². The van der Waals surface area contributed by atoms with Crippen molar-refractivity contribution < 1.29 is 13.2 Å². The summed E-state index contributed by atoms with van der Waals surface area (Å²) in [6.45, 7) is 2.69. The first-order chi connectivity index (χ1) is 8.43. The van der Waals surface area contributed by atoms with Gasteiger partial charge in [-0.15, -0.1) is 0 Å². The van der Waals surface area contributed by atoms with E-state index in [1.165, 1.54) is 23.7 Å². The highest BCUT2D eigenvalue weighted by Gasteiger charge is 2.23. The van der Waals surface area contributed by atoms with Crippen LogP contribution in [0.15, 0.2) is 17.2 Å². The van der Waals surface area contributed by atoms with Gasteiger partial charge in [0, 0.05) is 26.4 Å². The maximum Gasteiger partial charge on any atom is 0.244 e. The summed E-state index contributed by atoms with van der Waals surface area (Å²) in [5.74, 6) is 0.107. The minimum absolute atomic E-state index is 0.0275. The van der Waals surface area contributed by atoms with Crippen LogP contribution < -0.4 is 5.73 Å². The lowest BCUT2D eigenvalue weighted by Crippen LogP contribution is -2.33. The molecule has 0 amide bonds. The van der Waals surface area contributed by atoms with Gasteiger partial charge in [-0.1, -0.05) is 18.5 Å². The Morgan fingerprint density at radius 3 is 2.72 bits per heavy atom. The summed E-state index contributed by atoms with van der Waals surface area (Å²) in [6.07, 6.45) is 1.20. The molecule has 0 aliphatic rings. The van der Waals surface area contributed by atoms with Crippen molar-refractivity contribution in [2.75, 3.05) is 32.5 Å². The van der Waals surface area contributed by atoms with Crippen molar-refractivity contribution in [3.05, 3.63) is 17.3 Å². The van der Waals surface area contributed by atoms with Gasteiger partial charge in [0.05, 0.1) is 11.6 Å². The molecule has 6 nitrogen and oxygen atoms in total. The zero-order valence-electron chi connectivity index (χ0n) is 10.3. The standard InChI is InChI=1S/C10H16ClN3O3S/c1-3-14(4-5-17-2)18(15,16)8-6-9(11)10(12)13-7-8/h6-7H,3-5H2,1-2H3,(H2,12,13). The molecule has 1 aromatic heterocycles. The van der Waals surface area contributed by atoms with Gasteiger partial charge in [-0.2, -0.15) is 4.31 Å². The Balaban J connectivity index is 3.06. The van der Waals surface area contributed by atoms with Crippen LogP contribution in [0.4, 0.5) is 5.82 Å². The molecule has 0 atom stereocenters. The van der Waals surface area contributed by atoms with Crippen LogP contribution in [0.2, 0.25) is 5.02 Å². The van der Waals surface area contributed by atoms with Crippen LogP contribution in [-0.2, 0) is 14.8 Å². The van der Waals surface area contributed by atoms with E-state index in [0.29, 0.717) is 13.2 Å². The van der Waals surface area contributed by atoms with E-state index in [-0.39, 0.29) is 22.3 Å². The summed E-state index contributed by atoms with van der Waals surface area (Å²) in [7, 11) is -2.10. The molecule has 102 valence electrons. The number of methoxy groups -OCH3 is 1. The lowest BCUT2D eigenvalue weighted by Gasteiger charge is -2.20. The Kier molecular flexibility index (Phi) is 5.33. The van der Waals surface area contributed by atoms with Crippen molar-refractivity contribution >= 4 is 27.4 Å². The molecule has 0 fully saturated rings. The van der Waals surface area contributed by atoms with Crippen LogP contribution in [-0.4, -0.2) is 44.5 Å². The zero-order valence-corrected chi connectivity index (χ0v) is 11.8. The van der Waals surface area contributed by atoms with E-state index in [1.54, 1.807) is 6.92 Å². The van der Waals surface area contributed by atoms with Gasteiger partial charge in [0.25, 0.3) is 0 Å². The Bertz CT molecular complexity index is 507. The van der Waals surface area contributed by atoms with Crippen molar-refractivity contribution in [1.29, 1.82) is 0 Å². The molecule has 0 saturated heterocycles. The van der Waals surface area contributed by atoms with Crippen LogP contribution in [0.1, 0.15) is 6.92 Å². The summed E-state index contributed by atoms with van der Waals surface area (Å²) >= 11 is 5.78. The third-order valence-electron chi connectivity index (χ3n) is 2.38. The molecular formula is C10H16ClN3O3S. The van der Waals surface area contributed by atoms with Crippen molar-refractivity contribution in [2.45, 2.75) is 11.8 Å². The first-order valence-electron chi connectivity index (χ1n) is 5.33.